The van der Waals surface area contributed by atoms with Crippen molar-refractivity contribution in [1.29, 1.82) is 0 Å². The first-order chi connectivity index (χ1) is 12.7. The second kappa shape index (κ2) is 9.17. The van der Waals surface area contributed by atoms with Crippen LogP contribution in [0.15, 0.2) is 36.5 Å². The maximum Gasteiger partial charge on any atom is 0.338 e. The van der Waals surface area contributed by atoms with Gasteiger partial charge in [-0.1, -0.05) is 25.7 Å². The third-order valence-corrected chi connectivity index (χ3v) is 4.51. The predicted octanol–water partition coefficient (Wildman–Crippen LogP) is 4.53. The van der Waals surface area contributed by atoms with Crippen LogP contribution in [0.1, 0.15) is 55.8 Å². The molecule has 0 unspecified atom stereocenters. The average molecular weight is 354 g/mol. The van der Waals surface area contributed by atoms with E-state index in [1.165, 1.54) is 38.5 Å². The standard InChI is InChI=1S/C20H26N4O2/c1-2-26-19(25)15-9-11-17(12-10-15)22-18-13-14-21-20(24-18)23-16-7-5-3-4-6-8-16/h9-14,16H,2-8H2,1H3,(H2,21,22,23,24). The molecule has 6 nitrogen and oxygen atoms in total. The molecular weight excluding hydrogens is 328 g/mol. The molecule has 1 fully saturated rings. The van der Waals surface area contributed by atoms with Gasteiger partial charge in [-0.2, -0.15) is 4.98 Å². The third-order valence-electron chi connectivity index (χ3n) is 4.51. The topological polar surface area (TPSA) is 76.1 Å². The number of esters is 1. The van der Waals surface area contributed by atoms with E-state index >= 15 is 0 Å². The van der Waals surface area contributed by atoms with Crippen molar-refractivity contribution in [3.63, 3.8) is 0 Å². The summed E-state index contributed by atoms with van der Waals surface area (Å²) in [6.45, 7) is 2.17. The molecule has 2 N–H and O–H groups in total. The van der Waals surface area contributed by atoms with Crippen molar-refractivity contribution in [3.8, 4) is 0 Å². The largest absolute Gasteiger partial charge is 0.462 e. The fourth-order valence-corrected chi connectivity index (χ4v) is 3.16. The van der Waals surface area contributed by atoms with Gasteiger partial charge < -0.3 is 15.4 Å². The summed E-state index contributed by atoms with van der Waals surface area (Å²) in [6, 6.07) is 9.45. The van der Waals surface area contributed by atoms with E-state index in [-0.39, 0.29) is 5.97 Å². The molecule has 0 amide bonds. The number of ether oxygens (including phenoxy) is 1. The molecule has 1 aromatic carbocycles. The van der Waals surface area contributed by atoms with Gasteiger partial charge in [0.15, 0.2) is 0 Å². The van der Waals surface area contributed by atoms with E-state index < -0.39 is 0 Å². The quantitative estimate of drug-likeness (QED) is 0.586. The minimum atomic E-state index is -0.309. The van der Waals surface area contributed by atoms with Gasteiger partial charge in [0.25, 0.3) is 0 Å². The molecule has 1 aliphatic carbocycles. The summed E-state index contributed by atoms with van der Waals surface area (Å²) in [5, 5.41) is 6.71. The zero-order valence-corrected chi connectivity index (χ0v) is 15.2. The van der Waals surface area contributed by atoms with Crippen LogP contribution >= 0.6 is 0 Å². The monoisotopic (exact) mass is 354 g/mol. The van der Waals surface area contributed by atoms with Gasteiger partial charge in [-0.25, -0.2) is 9.78 Å². The van der Waals surface area contributed by atoms with E-state index in [2.05, 4.69) is 20.6 Å². The molecule has 6 heteroatoms. The van der Waals surface area contributed by atoms with Crippen molar-refractivity contribution in [2.45, 2.75) is 51.5 Å². The number of benzene rings is 1. The first kappa shape index (κ1) is 18.2. The number of carbonyl (C=O) groups is 1. The van der Waals surface area contributed by atoms with E-state index in [1.54, 1.807) is 25.3 Å². The molecule has 0 spiro atoms. The van der Waals surface area contributed by atoms with Crippen molar-refractivity contribution in [3.05, 3.63) is 42.1 Å². The number of nitrogens with one attached hydrogen (secondary N) is 2. The van der Waals surface area contributed by atoms with E-state index in [0.717, 1.165) is 11.5 Å². The molecule has 2 aromatic rings. The molecule has 138 valence electrons. The van der Waals surface area contributed by atoms with Gasteiger partial charge in [0.2, 0.25) is 5.95 Å². The molecule has 0 bridgehead atoms. The van der Waals surface area contributed by atoms with Gasteiger partial charge in [0.1, 0.15) is 5.82 Å². The normalized spacial score (nSPS) is 15.1. The molecule has 26 heavy (non-hydrogen) atoms. The lowest BCUT2D eigenvalue weighted by atomic mass is 10.1. The Morgan fingerprint density at radius 2 is 1.85 bits per heavy atom. The first-order valence-corrected chi connectivity index (χ1v) is 9.38. The number of nitrogens with zero attached hydrogens (tertiary/aromatic N) is 2. The summed E-state index contributed by atoms with van der Waals surface area (Å²) in [5.41, 5.74) is 1.40. The molecule has 0 saturated heterocycles. The zero-order chi connectivity index (χ0) is 18.2. The first-order valence-electron chi connectivity index (χ1n) is 9.38. The Morgan fingerprint density at radius 1 is 1.12 bits per heavy atom. The van der Waals surface area contributed by atoms with Gasteiger partial charge >= 0.3 is 5.97 Å². The van der Waals surface area contributed by atoms with Crippen LogP contribution in [0, 0.1) is 0 Å². The fraction of sp³-hybridized carbons (Fsp3) is 0.450. The molecule has 0 radical (unpaired) electrons. The van der Waals surface area contributed by atoms with Crippen LogP contribution in [0.2, 0.25) is 0 Å². The van der Waals surface area contributed by atoms with Crippen LogP contribution in [0.5, 0.6) is 0 Å². The lowest BCUT2D eigenvalue weighted by Gasteiger charge is -2.16. The second-order valence-electron chi connectivity index (χ2n) is 6.52. The molecule has 1 aliphatic rings. The number of hydrogen-bond donors (Lipinski definition) is 2. The minimum absolute atomic E-state index is 0.309. The Bertz CT molecular complexity index is 710. The maximum absolute atomic E-state index is 11.7. The number of carbonyl (C=O) groups excluding carboxylic acids is 1. The lowest BCUT2D eigenvalue weighted by Crippen LogP contribution is -2.20. The highest BCUT2D eigenvalue weighted by Gasteiger charge is 2.13. The highest BCUT2D eigenvalue weighted by molar-refractivity contribution is 5.89. The number of hydrogen-bond acceptors (Lipinski definition) is 6. The van der Waals surface area contributed by atoms with Crippen molar-refractivity contribution in [1.82, 2.24) is 9.97 Å². The smallest absolute Gasteiger partial charge is 0.338 e. The van der Waals surface area contributed by atoms with Crippen LogP contribution in [0.4, 0.5) is 17.5 Å². The fourth-order valence-electron chi connectivity index (χ4n) is 3.16. The highest BCUT2D eigenvalue weighted by Crippen LogP contribution is 2.21. The van der Waals surface area contributed by atoms with Gasteiger partial charge in [0, 0.05) is 17.9 Å². The van der Waals surface area contributed by atoms with E-state index in [0.29, 0.717) is 24.2 Å². The van der Waals surface area contributed by atoms with Crippen LogP contribution in [-0.2, 0) is 4.74 Å². The minimum Gasteiger partial charge on any atom is -0.462 e. The third kappa shape index (κ3) is 5.18. The molecule has 0 atom stereocenters. The Labute approximate surface area is 154 Å². The second-order valence-corrected chi connectivity index (χ2v) is 6.52. The Balaban J connectivity index is 1.62. The maximum atomic E-state index is 11.7. The van der Waals surface area contributed by atoms with Crippen LogP contribution in [-0.4, -0.2) is 28.6 Å². The predicted molar refractivity (Wildman–Crippen MR) is 103 cm³/mol. The van der Waals surface area contributed by atoms with Gasteiger partial charge in [-0.15, -0.1) is 0 Å². The summed E-state index contributed by atoms with van der Waals surface area (Å²) in [6.07, 6.45) is 9.28. The van der Waals surface area contributed by atoms with Crippen LogP contribution in [0.3, 0.4) is 0 Å². The van der Waals surface area contributed by atoms with E-state index in [4.69, 9.17) is 4.74 Å². The summed E-state index contributed by atoms with van der Waals surface area (Å²) in [5.74, 6) is 1.07. The molecule has 0 aliphatic heterocycles. The Hall–Kier alpha value is -2.63. The van der Waals surface area contributed by atoms with E-state index in [9.17, 15) is 4.79 Å². The van der Waals surface area contributed by atoms with E-state index in [1.807, 2.05) is 18.2 Å². The zero-order valence-electron chi connectivity index (χ0n) is 15.2. The van der Waals surface area contributed by atoms with Crippen molar-refractivity contribution in [2.75, 3.05) is 17.2 Å². The highest BCUT2D eigenvalue weighted by atomic mass is 16.5. The molecule has 3 rings (SSSR count). The summed E-state index contributed by atoms with van der Waals surface area (Å²) >= 11 is 0. The lowest BCUT2D eigenvalue weighted by molar-refractivity contribution is 0.0526. The summed E-state index contributed by atoms with van der Waals surface area (Å²) in [4.78, 5) is 20.6. The number of rotatable bonds is 6. The molecule has 1 heterocycles. The number of aromatic nitrogens is 2. The van der Waals surface area contributed by atoms with Crippen LogP contribution in [0.25, 0.3) is 0 Å². The van der Waals surface area contributed by atoms with Crippen molar-refractivity contribution >= 4 is 23.4 Å². The molecular formula is C20H26N4O2. The number of anilines is 3. The summed E-state index contributed by atoms with van der Waals surface area (Å²) in [7, 11) is 0. The summed E-state index contributed by atoms with van der Waals surface area (Å²) < 4.78 is 4.99. The SMILES string of the molecule is CCOC(=O)c1ccc(Nc2ccnc(NC3CCCCCC3)n2)cc1. The van der Waals surface area contributed by atoms with Gasteiger partial charge in [-0.05, 0) is 50.1 Å². The molecule has 1 saturated carbocycles. The Morgan fingerprint density at radius 3 is 2.54 bits per heavy atom. The molecule has 1 aromatic heterocycles. The van der Waals surface area contributed by atoms with Crippen molar-refractivity contribution < 1.29 is 9.53 Å². The van der Waals surface area contributed by atoms with Crippen molar-refractivity contribution in [2.24, 2.45) is 0 Å². The Kier molecular flexibility index (Phi) is 6.41. The van der Waals surface area contributed by atoms with Gasteiger partial charge in [-0.3, -0.25) is 0 Å². The average Bonchev–Trinajstić information content (AvgIpc) is 2.91. The van der Waals surface area contributed by atoms with Crippen LogP contribution < -0.4 is 10.6 Å². The van der Waals surface area contributed by atoms with Gasteiger partial charge in [0.05, 0.1) is 12.2 Å².